The molecule has 6 nitrogen and oxygen atoms in total. The number of ether oxygens (including phenoxy) is 2. The van der Waals surface area contributed by atoms with Crippen LogP contribution in [0.25, 0.3) is 21.0 Å². The Labute approximate surface area is 195 Å². The average Bonchev–Trinajstić information content (AvgIpc) is 3.26. The Hall–Kier alpha value is -3.07. The summed E-state index contributed by atoms with van der Waals surface area (Å²) in [6.07, 6.45) is 0. The van der Waals surface area contributed by atoms with E-state index in [1.807, 2.05) is 42.5 Å². The van der Waals surface area contributed by atoms with Crippen molar-refractivity contribution in [1.29, 1.82) is 0 Å². The quantitative estimate of drug-likeness (QED) is 0.407. The van der Waals surface area contributed by atoms with Crippen LogP contribution in [-0.4, -0.2) is 61.8 Å². The van der Waals surface area contributed by atoms with E-state index in [0.717, 1.165) is 23.9 Å². The third-order valence-corrected chi connectivity index (χ3v) is 6.74. The molecule has 0 unspecified atom stereocenters. The maximum absolute atomic E-state index is 13.7. The molecule has 1 aromatic heterocycles. The molecule has 1 amide bonds. The molecule has 0 saturated carbocycles. The fraction of sp³-hybridized carbons (Fsp3) is 0.280. The lowest BCUT2D eigenvalue weighted by Gasteiger charge is -2.29. The number of fused-ring (bicyclic) bond motifs is 2. The van der Waals surface area contributed by atoms with E-state index in [4.69, 9.17) is 9.47 Å². The number of hydrogen-bond donors (Lipinski definition) is 0. The highest BCUT2D eigenvalue weighted by atomic mass is 32.1. The van der Waals surface area contributed by atoms with Gasteiger partial charge in [0.2, 0.25) is 0 Å². The molecule has 2 heterocycles. The van der Waals surface area contributed by atoms with Crippen LogP contribution >= 0.6 is 11.3 Å². The highest BCUT2D eigenvalue weighted by molar-refractivity contribution is 7.22. The van der Waals surface area contributed by atoms with Crippen LogP contribution < -0.4 is 9.64 Å². The van der Waals surface area contributed by atoms with Crippen molar-refractivity contribution in [3.63, 3.8) is 0 Å². The molecule has 3 aromatic carbocycles. The molecule has 0 N–H and O–H groups in total. The lowest BCUT2D eigenvalue weighted by atomic mass is 10.1. The molecular formula is C25H24FN3O3S. The van der Waals surface area contributed by atoms with Gasteiger partial charge >= 0.3 is 0 Å². The number of carbonyl (C=O) groups excluding carboxylic acids is 1. The fourth-order valence-corrected chi connectivity index (χ4v) is 4.91. The fourth-order valence-electron chi connectivity index (χ4n) is 3.88. The third kappa shape index (κ3) is 5.13. The highest BCUT2D eigenvalue weighted by Crippen LogP contribution is 2.30. The van der Waals surface area contributed by atoms with E-state index in [0.29, 0.717) is 47.4 Å². The number of aromatic nitrogens is 1. The highest BCUT2D eigenvalue weighted by Gasteiger charge is 2.22. The van der Waals surface area contributed by atoms with Crippen LogP contribution in [0.2, 0.25) is 0 Å². The van der Waals surface area contributed by atoms with Gasteiger partial charge in [0.05, 0.1) is 23.4 Å². The van der Waals surface area contributed by atoms with Crippen molar-refractivity contribution in [3.8, 4) is 5.75 Å². The summed E-state index contributed by atoms with van der Waals surface area (Å²) in [4.78, 5) is 21.8. The van der Waals surface area contributed by atoms with Crippen molar-refractivity contribution in [3.05, 3.63) is 66.5 Å². The number of amides is 1. The van der Waals surface area contributed by atoms with Crippen LogP contribution in [0.3, 0.4) is 0 Å². The third-order valence-electron chi connectivity index (χ3n) is 5.70. The van der Waals surface area contributed by atoms with E-state index in [9.17, 15) is 9.18 Å². The summed E-state index contributed by atoms with van der Waals surface area (Å²) in [5.74, 6) is 0.140. The Morgan fingerprint density at radius 2 is 1.91 bits per heavy atom. The minimum Gasteiger partial charge on any atom is -0.484 e. The molecule has 4 aromatic rings. The first-order chi connectivity index (χ1) is 16.2. The Bertz CT molecular complexity index is 1270. The predicted molar refractivity (Wildman–Crippen MR) is 129 cm³/mol. The smallest absolute Gasteiger partial charge is 0.266 e. The summed E-state index contributed by atoms with van der Waals surface area (Å²) in [7, 11) is 0. The maximum atomic E-state index is 13.7. The summed E-state index contributed by atoms with van der Waals surface area (Å²) in [6, 6.07) is 18.3. The summed E-state index contributed by atoms with van der Waals surface area (Å²) < 4.78 is 25.7. The van der Waals surface area contributed by atoms with Gasteiger partial charge in [-0.2, -0.15) is 0 Å². The number of thiazole rings is 1. The molecule has 1 saturated heterocycles. The number of nitrogens with zero attached hydrogens (tertiary/aromatic N) is 3. The number of anilines is 1. The zero-order valence-electron chi connectivity index (χ0n) is 18.1. The normalized spacial score (nSPS) is 14.6. The first-order valence-electron chi connectivity index (χ1n) is 10.9. The maximum Gasteiger partial charge on any atom is 0.266 e. The molecule has 0 spiro atoms. The molecule has 1 aliphatic rings. The van der Waals surface area contributed by atoms with E-state index in [-0.39, 0.29) is 18.3 Å². The Morgan fingerprint density at radius 3 is 2.76 bits per heavy atom. The van der Waals surface area contributed by atoms with Crippen molar-refractivity contribution >= 4 is 43.4 Å². The second-order valence-corrected chi connectivity index (χ2v) is 8.91. The van der Waals surface area contributed by atoms with E-state index in [1.54, 1.807) is 11.0 Å². The largest absolute Gasteiger partial charge is 0.484 e. The standard InChI is InChI=1S/C25H24FN3O3S/c26-20-6-8-22-23(16-20)33-25(27-22)29(10-9-28-11-13-31-14-12-28)24(30)17-32-21-7-5-18-3-1-2-4-19(18)15-21/h1-8,15-16H,9-14,17H2. The first-order valence-corrected chi connectivity index (χ1v) is 11.8. The van der Waals surface area contributed by atoms with Crippen LogP contribution in [0.5, 0.6) is 5.75 Å². The minimum atomic E-state index is -0.316. The van der Waals surface area contributed by atoms with Gasteiger partial charge in [-0.1, -0.05) is 41.7 Å². The number of hydrogen-bond acceptors (Lipinski definition) is 6. The summed E-state index contributed by atoms with van der Waals surface area (Å²) in [6.45, 7) is 4.13. The molecule has 0 atom stereocenters. The van der Waals surface area contributed by atoms with Crippen molar-refractivity contribution in [2.24, 2.45) is 0 Å². The monoisotopic (exact) mass is 465 g/mol. The lowest BCUT2D eigenvalue weighted by Crippen LogP contribution is -2.44. The number of morpholine rings is 1. The SMILES string of the molecule is O=C(COc1ccc2ccccc2c1)N(CCN1CCOCC1)c1nc2ccc(F)cc2s1. The van der Waals surface area contributed by atoms with E-state index in [2.05, 4.69) is 9.88 Å². The van der Waals surface area contributed by atoms with Gasteiger partial charge in [-0.15, -0.1) is 0 Å². The number of carbonyl (C=O) groups is 1. The van der Waals surface area contributed by atoms with Crippen LogP contribution in [0.1, 0.15) is 0 Å². The molecule has 8 heteroatoms. The van der Waals surface area contributed by atoms with E-state index < -0.39 is 0 Å². The summed E-state index contributed by atoms with van der Waals surface area (Å²) in [5, 5.41) is 2.72. The lowest BCUT2D eigenvalue weighted by molar-refractivity contribution is -0.120. The van der Waals surface area contributed by atoms with Crippen LogP contribution in [0.4, 0.5) is 9.52 Å². The molecular weight excluding hydrogens is 441 g/mol. The van der Waals surface area contributed by atoms with Crippen LogP contribution in [-0.2, 0) is 9.53 Å². The Kier molecular flexibility index (Phi) is 6.48. The van der Waals surface area contributed by atoms with Gasteiger partial charge in [-0.05, 0) is 41.1 Å². The first kappa shape index (κ1) is 21.8. The van der Waals surface area contributed by atoms with Crippen molar-refractivity contribution in [1.82, 2.24) is 9.88 Å². The molecule has 0 aliphatic carbocycles. The van der Waals surface area contributed by atoms with Gasteiger partial charge in [-0.25, -0.2) is 9.37 Å². The second kappa shape index (κ2) is 9.82. The predicted octanol–water partition coefficient (Wildman–Crippen LogP) is 4.33. The zero-order chi connectivity index (χ0) is 22.6. The topological polar surface area (TPSA) is 54.9 Å². The molecule has 0 radical (unpaired) electrons. The van der Waals surface area contributed by atoms with E-state index in [1.165, 1.54) is 23.5 Å². The van der Waals surface area contributed by atoms with Gasteiger partial charge in [0, 0.05) is 26.2 Å². The summed E-state index contributed by atoms with van der Waals surface area (Å²) >= 11 is 1.31. The average molecular weight is 466 g/mol. The number of benzene rings is 3. The van der Waals surface area contributed by atoms with Crippen molar-refractivity contribution in [2.75, 3.05) is 50.9 Å². The molecule has 170 valence electrons. The Morgan fingerprint density at radius 1 is 1.09 bits per heavy atom. The van der Waals surface area contributed by atoms with Gasteiger partial charge in [-0.3, -0.25) is 14.6 Å². The molecule has 33 heavy (non-hydrogen) atoms. The van der Waals surface area contributed by atoms with Crippen LogP contribution in [0, 0.1) is 5.82 Å². The van der Waals surface area contributed by atoms with Crippen molar-refractivity contribution < 1.29 is 18.7 Å². The zero-order valence-corrected chi connectivity index (χ0v) is 18.9. The number of halogens is 1. The number of rotatable bonds is 7. The van der Waals surface area contributed by atoms with Gasteiger partial charge in [0.1, 0.15) is 11.6 Å². The molecule has 0 bridgehead atoms. The minimum absolute atomic E-state index is 0.105. The van der Waals surface area contributed by atoms with E-state index >= 15 is 0 Å². The molecule has 1 fully saturated rings. The van der Waals surface area contributed by atoms with Crippen LogP contribution in [0.15, 0.2) is 60.7 Å². The van der Waals surface area contributed by atoms with Crippen molar-refractivity contribution in [2.45, 2.75) is 0 Å². The van der Waals surface area contributed by atoms with Gasteiger partial charge in [0.25, 0.3) is 5.91 Å². The summed E-state index contributed by atoms with van der Waals surface area (Å²) in [5.41, 5.74) is 0.677. The second-order valence-electron chi connectivity index (χ2n) is 7.91. The molecule has 1 aliphatic heterocycles. The van der Waals surface area contributed by atoms with Gasteiger partial charge in [0.15, 0.2) is 11.7 Å². The van der Waals surface area contributed by atoms with Gasteiger partial charge < -0.3 is 9.47 Å². The Balaban J connectivity index is 1.33. The molecule has 5 rings (SSSR count).